The Bertz CT molecular complexity index is 839. The number of carbonyl (C=O) groups is 2. The van der Waals surface area contributed by atoms with Gasteiger partial charge >= 0.3 is 0 Å². The Kier molecular flexibility index (Phi) is 7.07. The van der Waals surface area contributed by atoms with Gasteiger partial charge in [-0.25, -0.2) is 0 Å². The SMILES string of the molecule is COc1ccc(NC(=O)CCN(C(C)=O)c2cc(Cl)ccc2C)cc1OC. The van der Waals surface area contributed by atoms with Crippen LogP contribution in [0.25, 0.3) is 0 Å². The highest BCUT2D eigenvalue weighted by Crippen LogP contribution is 2.30. The van der Waals surface area contributed by atoms with Crippen molar-refractivity contribution in [1.82, 2.24) is 0 Å². The quantitative estimate of drug-likeness (QED) is 0.774. The van der Waals surface area contributed by atoms with E-state index in [2.05, 4.69) is 5.32 Å². The number of carbonyl (C=O) groups excluding carboxylic acids is 2. The van der Waals surface area contributed by atoms with Gasteiger partial charge in [-0.1, -0.05) is 17.7 Å². The lowest BCUT2D eigenvalue weighted by Crippen LogP contribution is -2.32. The Hall–Kier alpha value is -2.73. The summed E-state index contributed by atoms with van der Waals surface area (Å²) in [5.74, 6) is 0.734. The third-order valence-electron chi connectivity index (χ3n) is 4.07. The Balaban J connectivity index is 2.06. The van der Waals surface area contributed by atoms with Gasteiger partial charge in [0.05, 0.1) is 14.2 Å². The van der Waals surface area contributed by atoms with Crippen molar-refractivity contribution in [2.75, 3.05) is 31.0 Å². The lowest BCUT2D eigenvalue weighted by atomic mass is 10.1. The van der Waals surface area contributed by atoms with E-state index in [1.54, 1.807) is 42.3 Å². The number of hydrogen-bond donors (Lipinski definition) is 1. The number of nitrogens with one attached hydrogen (secondary N) is 1. The smallest absolute Gasteiger partial charge is 0.226 e. The summed E-state index contributed by atoms with van der Waals surface area (Å²) < 4.78 is 10.4. The molecule has 144 valence electrons. The molecule has 0 bridgehead atoms. The van der Waals surface area contributed by atoms with Crippen LogP contribution in [-0.2, 0) is 9.59 Å². The van der Waals surface area contributed by atoms with Gasteiger partial charge in [0.2, 0.25) is 11.8 Å². The van der Waals surface area contributed by atoms with Crippen LogP contribution in [0.3, 0.4) is 0 Å². The molecule has 0 saturated carbocycles. The molecule has 2 amide bonds. The van der Waals surface area contributed by atoms with Crippen molar-refractivity contribution in [3.05, 3.63) is 47.0 Å². The van der Waals surface area contributed by atoms with Crippen molar-refractivity contribution in [2.24, 2.45) is 0 Å². The predicted molar refractivity (Wildman–Crippen MR) is 107 cm³/mol. The van der Waals surface area contributed by atoms with E-state index < -0.39 is 0 Å². The van der Waals surface area contributed by atoms with Crippen molar-refractivity contribution in [3.63, 3.8) is 0 Å². The standard InChI is InChI=1S/C20H23ClN2O4/c1-13-5-6-15(21)11-17(13)23(14(2)24)10-9-20(25)22-16-7-8-18(26-3)19(12-16)27-4/h5-8,11-12H,9-10H2,1-4H3,(H,22,25). The summed E-state index contributed by atoms with van der Waals surface area (Å²) >= 11 is 6.05. The molecule has 0 radical (unpaired) electrons. The van der Waals surface area contributed by atoms with Gasteiger partial charge < -0.3 is 19.7 Å². The first kappa shape index (κ1) is 20.6. The number of aryl methyl sites for hydroxylation is 1. The summed E-state index contributed by atoms with van der Waals surface area (Å²) in [6.07, 6.45) is 0.139. The number of nitrogens with zero attached hydrogens (tertiary/aromatic N) is 1. The zero-order chi connectivity index (χ0) is 20.0. The van der Waals surface area contributed by atoms with E-state index in [0.717, 1.165) is 5.56 Å². The van der Waals surface area contributed by atoms with Gasteiger partial charge in [-0.15, -0.1) is 0 Å². The van der Waals surface area contributed by atoms with E-state index in [9.17, 15) is 9.59 Å². The number of benzene rings is 2. The molecule has 27 heavy (non-hydrogen) atoms. The molecule has 0 saturated heterocycles. The maximum absolute atomic E-state index is 12.3. The number of amides is 2. The summed E-state index contributed by atoms with van der Waals surface area (Å²) in [5, 5.41) is 3.34. The number of hydrogen-bond acceptors (Lipinski definition) is 4. The van der Waals surface area contributed by atoms with Crippen molar-refractivity contribution < 1.29 is 19.1 Å². The number of anilines is 2. The minimum Gasteiger partial charge on any atom is -0.493 e. The fourth-order valence-corrected chi connectivity index (χ4v) is 2.84. The molecule has 1 N–H and O–H groups in total. The first-order valence-electron chi connectivity index (χ1n) is 8.42. The van der Waals surface area contributed by atoms with Crippen molar-refractivity contribution in [2.45, 2.75) is 20.3 Å². The van der Waals surface area contributed by atoms with Crippen LogP contribution in [0.4, 0.5) is 11.4 Å². The Morgan fingerprint density at radius 1 is 1.07 bits per heavy atom. The van der Waals surface area contributed by atoms with Crippen molar-refractivity contribution in [3.8, 4) is 11.5 Å². The average Bonchev–Trinajstić information content (AvgIpc) is 2.64. The molecule has 0 heterocycles. The zero-order valence-electron chi connectivity index (χ0n) is 15.8. The van der Waals surface area contributed by atoms with Gasteiger partial charge in [0.1, 0.15) is 0 Å². The van der Waals surface area contributed by atoms with Crippen LogP contribution in [0.1, 0.15) is 18.9 Å². The minimum absolute atomic E-state index is 0.139. The maximum Gasteiger partial charge on any atom is 0.226 e. The molecule has 0 fully saturated rings. The third kappa shape index (κ3) is 5.37. The highest BCUT2D eigenvalue weighted by molar-refractivity contribution is 6.31. The van der Waals surface area contributed by atoms with E-state index in [4.69, 9.17) is 21.1 Å². The van der Waals surface area contributed by atoms with Gasteiger partial charge in [-0.05, 0) is 36.8 Å². The molecular weight excluding hydrogens is 368 g/mol. The highest BCUT2D eigenvalue weighted by atomic mass is 35.5. The second kappa shape index (κ2) is 9.28. The monoisotopic (exact) mass is 390 g/mol. The number of halogens is 1. The zero-order valence-corrected chi connectivity index (χ0v) is 16.6. The molecule has 0 aliphatic heterocycles. The lowest BCUT2D eigenvalue weighted by Gasteiger charge is -2.23. The lowest BCUT2D eigenvalue weighted by molar-refractivity contribution is -0.117. The summed E-state index contributed by atoms with van der Waals surface area (Å²) in [4.78, 5) is 25.9. The van der Waals surface area contributed by atoms with E-state index in [0.29, 0.717) is 27.9 Å². The van der Waals surface area contributed by atoms with Crippen LogP contribution < -0.4 is 19.7 Å². The molecule has 2 aromatic rings. The third-order valence-corrected chi connectivity index (χ3v) is 4.31. The summed E-state index contributed by atoms with van der Waals surface area (Å²) in [6.45, 7) is 3.60. The van der Waals surface area contributed by atoms with E-state index in [1.807, 2.05) is 13.0 Å². The van der Waals surface area contributed by atoms with E-state index in [1.165, 1.54) is 14.0 Å². The molecule has 0 spiro atoms. The maximum atomic E-state index is 12.3. The molecule has 6 nitrogen and oxygen atoms in total. The fraction of sp³-hybridized carbons (Fsp3) is 0.300. The number of ether oxygens (including phenoxy) is 2. The fourth-order valence-electron chi connectivity index (χ4n) is 2.67. The summed E-state index contributed by atoms with van der Waals surface area (Å²) in [7, 11) is 3.08. The molecule has 0 aliphatic carbocycles. The van der Waals surface area contributed by atoms with Crippen LogP contribution in [0.5, 0.6) is 11.5 Å². The van der Waals surface area contributed by atoms with Gasteiger partial charge in [-0.2, -0.15) is 0 Å². The number of methoxy groups -OCH3 is 2. The second-order valence-electron chi connectivity index (χ2n) is 5.97. The predicted octanol–water partition coefficient (Wildman–Crippen LogP) is 4.05. The van der Waals surface area contributed by atoms with Crippen LogP contribution >= 0.6 is 11.6 Å². The molecule has 7 heteroatoms. The minimum atomic E-state index is -0.215. The van der Waals surface area contributed by atoms with Gasteiger partial charge in [0.25, 0.3) is 0 Å². The van der Waals surface area contributed by atoms with Crippen molar-refractivity contribution in [1.29, 1.82) is 0 Å². The highest BCUT2D eigenvalue weighted by Gasteiger charge is 2.16. The molecule has 2 rings (SSSR count). The van der Waals surface area contributed by atoms with E-state index in [-0.39, 0.29) is 24.8 Å². The Morgan fingerprint density at radius 3 is 2.41 bits per heavy atom. The van der Waals surface area contributed by atoms with Gasteiger partial charge in [0, 0.05) is 42.4 Å². The van der Waals surface area contributed by atoms with Crippen molar-refractivity contribution >= 4 is 34.8 Å². The average molecular weight is 391 g/mol. The Morgan fingerprint density at radius 2 is 1.78 bits per heavy atom. The molecule has 0 aliphatic rings. The molecular formula is C20H23ClN2O4. The first-order chi connectivity index (χ1) is 12.8. The van der Waals surface area contributed by atoms with Gasteiger partial charge in [0.15, 0.2) is 11.5 Å². The number of rotatable bonds is 7. The molecule has 0 atom stereocenters. The topological polar surface area (TPSA) is 67.9 Å². The van der Waals surface area contributed by atoms with Crippen LogP contribution in [0.2, 0.25) is 5.02 Å². The van der Waals surface area contributed by atoms with Crippen LogP contribution in [-0.4, -0.2) is 32.6 Å². The van der Waals surface area contributed by atoms with Crippen LogP contribution in [0.15, 0.2) is 36.4 Å². The molecule has 0 unspecified atom stereocenters. The normalized spacial score (nSPS) is 10.3. The molecule has 2 aromatic carbocycles. The van der Waals surface area contributed by atoms with Gasteiger partial charge in [-0.3, -0.25) is 9.59 Å². The molecule has 0 aromatic heterocycles. The van der Waals surface area contributed by atoms with E-state index >= 15 is 0 Å². The first-order valence-corrected chi connectivity index (χ1v) is 8.79. The second-order valence-corrected chi connectivity index (χ2v) is 6.41. The van der Waals surface area contributed by atoms with Crippen LogP contribution in [0, 0.1) is 6.92 Å². The largest absolute Gasteiger partial charge is 0.493 e. The summed E-state index contributed by atoms with van der Waals surface area (Å²) in [6, 6.07) is 10.5. The summed E-state index contributed by atoms with van der Waals surface area (Å²) in [5.41, 5.74) is 2.20. The Labute approximate surface area is 164 Å².